The van der Waals surface area contributed by atoms with Crippen LogP contribution in [0.3, 0.4) is 0 Å². The van der Waals surface area contributed by atoms with Gasteiger partial charge in [-0.15, -0.1) is 6.61 Å². The highest BCUT2D eigenvalue weighted by atomic mass is 35.8. The average Bonchev–Trinajstić information content (AvgIpc) is 1.33. The molecule has 0 aliphatic rings. The summed E-state index contributed by atoms with van der Waals surface area (Å²) >= 11 is 14.7. The first-order chi connectivity index (χ1) is 3.15. The molecule has 7 heavy (non-hydrogen) atoms. The van der Waals surface area contributed by atoms with E-state index in [1.807, 2.05) is 0 Å². The Balaban J connectivity index is 0. The van der Waals surface area contributed by atoms with Gasteiger partial charge in [0, 0.05) is 0 Å². The fourth-order valence-corrected chi connectivity index (χ4v) is 0. The molecule has 0 bridgehead atoms. The maximum Gasteiger partial charge on any atom is 0.663 e. The summed E-state index contributed by atoms with van der Waals surface area (Å²) in [6.45, 7) is 0.106. The molecular weight excluding hydrogens is 174 g/mol. The molecular formula is C2H5Cl3OSi. The first-order valence-electron chi connectivity index (χ1n) is 1.56. The maximum absolute atomic E-state index is 8.93. The van der Waals surface area contributed by atoms with Crippen molar-refractivity contribution in [2.45, 2.75) is 6.92 Å². The molecule has 0 saturated heterocycles. The fraction of sp³-hybridized carbons (Fsp3) is 1.00. The standard InChI is InChI=1S/C2H5O.Cl3Si/c1-2-3;1-4(2)3/h2H2,1H3;/q-1;+1. The second-order valence-electron chi connectivity index (χ2n) is 0.503. The normalized spacial score (nSPS) is 6.43. The Morgan fingerprint density at radius 1 is 1.43 bits per heavy atom. The molecule has 5 heteroatoms. The topological polar surface area (TPSA) is 23.1 Å². The highest BCUT2D eigenvalue weighted by molar-refractivity contribution is 7.54. The Bertz CT molecular complexity index is 24.1. The van der Waals surface area contributed by atoms with Gasteiger partial charge in [0.05, 0.1) is 0 Å². The molecule has 0 spiro atoms. The van der Waals surface area contributed by atoms with E-state index in [4.69, 9.17) is 38.3 Å². The van der Waals surface area contributed by atoms with Gasteiger partial charge >= 0.3 is 6.73 Å². The largest absolute Gasteiger partial charge is 0.855 e. The van der Waals surface area contributed by atoms with E-state index in [2.05, 4.69) is 0 Å². The highest BCUT2D eigenvalue weighted by Gasteiger charge is 2.14. The molecule has 0 aromatic heterocycles. The van der Waals surface area contributed by atoms with E-state index in [1.54, 1.807) is 6.92 Å². The summed E-state index contributed by atoms with van der Waals surface area (Å²) in [4.78, 5) is 0. The molecule has 44 valence electrons. The number of halogens is 3. The van der Waals surface area contributed by atoms with Crippen molar-refractivity contribution < 1.29 is 5.11 Å². The predicted molar refractivity (Wildman–Crippen MR) is 33.9 cm³/mol. The average molecular weight is 180 g/mol. The minimum absolute atomic E-state index is 0. The van der Waals surface area contributed by atoms with E-state index in [0.29, 0.717) is 0 Å². The van der Waals surface area contributed by atoms with Crippen molar-refractivity contribution in [3.05, 3.63) is 0 Å². The third-order valence-electron chi connectivity index (χ3n) is 0. The van der Waals surface area contributed by atoms with Crippen LogP contribution < -0.4 is 5.11 Å². The van der Waals surface area contributed by atoms with E-state index in [-0.39, 0.29) is 6.61 Å². The van der Waals surface area contributed by atoms with Crippen LogP contribution in [0.4, 0.5) is 0 Å². The summed E-state index contributed by atoms with van der Waals surface area (Å²) in [5.74, 6) is 0. The lowest BCUT2D eigenvalue weighted by atomic mass is 10.9. The van der Waals surface area contributed by atoms with Crippen LogP contribution in [-0.2, 0) is 0 Å². The first-order valence-corrected chi connectivity index (χ1v) is 6.10. The highest BCUT2D eigenvalue weighted by Crippen LogP contribution is 1.97. The van der Waals surface area contributed by atoms with Gasteiger partial charge in [-0.1, -0.05) is 6.92 Å². The second kappa shape index (κ2) is 10.1. The molecule has 0 aliphatic heterocycles. The van der Waals surface area contributed by atoms with E-state index in [9.17, 15) is 0 Å². The van der Waals surface area contributed by atoms with E-state index >= 15 is 0 Å². The summed E-state index contributed by atoms with van der Waals surface area (Å²) in [5.41, 5.74) is 0. The Morgan fingerprint density at radius 3 is 1.43 bits per heavy atom. The van der Waals surface area contributed by atoms with Gasteiger partial charge < -0.3 is 5.11 Å². The van der Waals surface area contributed by atoms with Crippen molar-refractivity contribution in [1.82, 2.24) is 0 Å². The zero-order valence-corrected chi connectivity index (χ0v) is 7.02. The Morgan fingerprint density at radius 2 is 1.43 bits per heavy atom. The maximum atomic E-state index is 8.93. The van der Waals surface area contributed by atoms with Gasteiger partial charge in [-0.2, -0.15) is 0 Å². The quantitative estimate of drug-likeness (QED) is 0.403. The van der Waals surface area contributed by atoms with Crippen LogP contribution in [0.2, 0.25) is 0 Å². The van der Waals surface area contributed by atoms with E-state index in [1.165, 1.54) is 0 Å². The minimum Gasteiger partial charge on any atom is -0.855 e. The molecule has 0 N–H and O–H groups in total. The van der Waals surface area contributed by atoms with Crippen LogP contribution in [0.5, 0.6) is 0 Å². The molecule has 0 atom stereocenters. The number of hydrogen-bond donors (Lipinski definition) is 0. The van der Waals surface area contributed by atoms with Gasteiger partial charge in [-0.05, 0) is 0 Å². The van der Waals surface area contributed by atoms with Crippen molar-refractivity contribution in [2.75, 3.05) is 6.61 Å². The second-order valence-corrected chi connectivity index (χ2v) is 6.07. The molecule has 0 amide bonds. The third-order valence-corrected chi connectivity index (χ3v) is 0. The molecule has 1 nitrogen and oxygen atoms in total. The van der Waals surface area contributed by atoms with Gasteiger partial charge in [-0.3, -0.25) is 0 Å². The van der Waals surface area contributed by atoms with Crippen LogP contribution in [0.1, 0.15) is 6.92 Å². The van der Waals surface area contributed by atoms with Gasteiger partial charge in [0.15, 0.2) is 0 Å². The summed E-state index contributed by atoms with van der Waals surface area (Å²) in [6.07, 6.45) is 0. The van der Waals surface area contributed by atoms with Crippen LogP contribution in [0, 0.1) is 0 Å². The van der Waals surface area contributed by atoms with Crippen molar-refractivity contribution in [3.8, 4) is 0 Å². The fourth-order valence-electron chi connectivity index (χ4n) is 0. The lowest BCUT2D eigenvalue weighted by molar-refractivity contribution is -0.361. The molecule has 0 radical (unpaired) electrons. The molecule has 0 aliphatic carbocycles. The zero-order valence-electron chi connectivity index (χ0n) is 3.75. The van der Waals surface area contributed by atoms with Crippen LogP contribution in [-0.4, -0.2) is 13.3 Å². The Labute approximate surface area is 58.9 Å². The number of rotatable bonds is 0. The van der Waals surface area contributed by atoms with E-state index in [0.717, 1.165) is 0 Å². The van der Waals surface area contributed by atoms with Crippen molar-refractivity contribution in [3.63, 3.8) is 0 Å². The molecule has 0 aromatic rings. The summed E-state index contributed by atoms with van der Waals surface area (Å²) < 4.78 is 0. The van der Waals surface area contributed by atoms with Gasteiger partial charge in [0.2, 0.25) is 0 Å². The Hall–Kier alpha value is 1.05. The lowest BCUT2D eigenvalue weighted by Crippen LogP contribution is -1.97. The summed E-state index contributed by atoms with van der Waals surface area (Å²) in [6, 6.07) is 0. The number of hydrogen-bond acceptors (Lipinski definition) is 1. The molecule has 0 rings (SSSR count). The molecule has 0 aromatic carbocycles. The van der Waals surface area contributed by atoms with Crippen LogP contribution in [0.25, 0.3) is 0 Å². The van der Waals surface area contributed by atoms with Crippen LogP contribution >= 0.6 is 33.2 Å². The monoisotopic (exact) mass is 178 g/mol. The van der Waals surface area contributed by atoms with Gasteiger partial charge in [0.25, 0.3) is 0 Å². The smallest absolute Gasteiger partial charge is 0.663 e. The summed E-state index contributed by atoms with van der Waals surface area (Å²) in [5, 5.41) is 8.93. The van der Waals surface area contributed by atoms with Crippen molar-refractivity contribution in [1.29, 1.82) is 0 Å². The van der Waals surface area contributed by atoms with Crippen molar-refractivity contribution >= 4 is 40.0 Å². The summed E-state index contributed by atoms with van der Waals surface area (Å²) in [7, 11) is 0. The Kier molecular flexibility index (Phi) is 15.8. The van der Waals surface area contributed by atoms with Gasteiger partial charge in [-0.25, -0.2) is 0 Å². The molecule has 0 fully saturated rings. The molecule has 0 saturated carbocycles. The minimum atomic E-state index is -1.46. The van der Waals surface area contributed by atoms with E-state index < -0.39 is 6.73 Å². The lowest BCUT2D eigenvalue weighted by Gasteiger charge is -1.79. The molecule has 0 unspecified atom stereocenters. The predicted octanol–water partition coefficient (Wildman–Crippen LogP) is 1.05. The zero-order chi connectivity index (χ0) is 6.28. The van der Waals surface area contributed by atoms with Gasteiger partial charge in [0.1, 0.15) is 33.2 Å². The SMILES string of the molecule is CC[O-].Cl[Si+](Cl)Cl. The molecule has 0 heterocycles. The third kappa shape index (κ3) is 164. The first kappa shape index (κ1) is 10.9. The van der Waals surface area contributed by atoms with Crippen LogP contribution in [0.15, 0.2) is 0 Å². The van der Waals surface area contributed by atoms with Crippen molar-refractivity contribution in [2.24, 2.45) is 0 Å².